The minimum Gasteiger partial charge on any atom is -0.497 e. The topological polar surface area (TPSA) is 110 Å². The molecular weight excluding hydrogens is 384 g/mol. The zero-order chi connectivity index (χ0) is 21.2. The number of benzene rings is 1. The van der Waals surface area contributed by atoms with Gasteiger partial charge in [-0.15, -0.1) is 0 Å². The largest absolute Gasteiger partial charge is 0.497 e. The van der Waals surface area contributed by atoms with Crippen LogP contribution in [-0.2, 0) is 4.79 Å². The molecule has 9 nitrogen and oxygen atoms in total. The molecule has 0 unspecified atom stereocenters. The van der Waals surface area contributed by atoms with E-state index in [0.717, 1.165) is 5.56 Å². The van der Waals surface area contributed by atoms with Gasteiger partial charge in [0.25, 0.3) is 5.91 Å². The van der Waals surface area contributed by atoms with E-state index in [1.807, 2.05) is 25.1 Å². The molecule has 3 aromatic rings. The lowest BCUT2D eigenvalue weighted by Gasteiger charge is -2.10. The maximum atomic E-state index is 11.9. The quantitative estimate of drug-likeness (QED) is 0.439. The minimum absolute atomic E-state index is 0.0712. The van der Waals surface area contributed by atoms with E-state index in [1.54, 1.807) is 37.6 Å². The first-order valence-electron chi connectivity index (χ1n) is 9.41. The molecule has 0 saturated carbocycles. The summed E-state index contributed by atoms with van der Waals surface area (Å²) >= 11 is 0. The molecule has 30 heavy (non-hydrogen) atoms. The predicted molar refractivity (Wildman–Crippen MR) is 114 cm³/mol. The molecule has 0 radical (unpaired) electrons. The second-order valence-corrected chi connectivity index (χ2v) is 6.38. The molecule has 0 aliphatic heterocycles. The van der Waals surface area contributed by atoms with E-state index in [-0.39, 0.29) is 12.5 Å². The number of aromatic nitrogens is 3. The lowest BCUT2D eigenvalue weighted by atomic mass is 10.3. The number of rotatable bonds is 10. The van der Waals surface area contributed by atoms with Crippen LogP contribution in [-0.4, -0.2) is 47.7 Å². The Morgan fingerprint density at radius 2 is 1.77 bits per heavy atom. The Labute approximate surface area is 174 Å². The fraction of sp³-hybridized carbons (Fsp3) is 0.238. The van der Waals surface area contributed by atoms with Crippen molar-refractivity contribution in [1.29, 1.82) is 0 Å². The number of methoxy groups -OCH3 is 1. The molecule has 0 atom stereocenters. The third kappa shape index (κ3) is 6.62. The summed E-state index contributed by atoms with van der Waals surface area (Å²) in [7, 11) is 1.58. The Balaban J connectivity index is 1.39. The summed E-state index contributed by atoms with van der Waals surface area (Å²) in [4.78, 5) is 24.5. The Bertz CT molecular complexity index is 982. The van der Waals surface area contributed by atoms with E-state index in [2.05, 4.69) is 30.9 Å². The molecule has 156 valence electrons. The van der Waals surface area contributed by atoms with Gasteiger partial charge in [0, 0.05) is 31.4 Å². The molecule has 0 aliphatic carbocycles. The molecule has 1 amide bonds. The summed E-state index contributed by atoms with van der Waals surface area (Å²) < 4.78 is 10.6. The fourth-order valence-electron chi connectivity index (χ4n) is 2.54. The highest BCUT2D eigenvalue weighted by atomic mass is 16.5. The number of hydrogen-bond acceptors (Lipinski definition) is 8. The first-order chi connectivity index (χ1) is 14.6. The van der Waals surface area contributed by atoms with Gasteiger partial charge in [-0.3, -0.25) is 4.79 Å². The summed E-state index contributed by atoms with van der Waals surface area (Å²) in [5.74, 6) is 3.02. The van der Waals surface area contributed by atoms with E-state index < -0.39 is 0 Å². The molecule has 3 rings (SSSR count). The van der Waals surface area contributed by atoms with Gasteiger partial charge in [-0.1, -0.05) is 6.07 Å². The van der Waals surface area contributed by atoms with Crippen LogP contribution < -0.4 is 25.4 Å². The number of carbonyl (C=O) groups is 1. The second-order valence-electron chi connectivity index (χ2n) is 6.38. The van der Waals surface area contributed by atoms with Crippen LogP contribution in [0.1, 0.15) is 5.56 Å². The van der Waals surface area contributed by atoms with Crippen LogP contribution in [0.5, 0.6) is 11.5 Å². The van der Waals surface area contributed by atoms with Gasteiger partial charge in [-0.2, -0.15) is 0 Å². The molecule has 0 aliphatic rings. The predicted octanol–water partition coefficient (Wildman–Crippen LogP) is 2.54. The maximum absolute atomic E-state index is 11.9. The SMILES string of the molecule is COc1cccc(OCC(=O)NCCNc2cc(Nc3cc(C)ccn3)ncn2)c1. The Kier molecular flexibility index (Phi) is 7.37. The number of nitrogens with zero attached hydrogens (tertiary/aromatic N) is 3. The normalized spacial score (nSPS) is 10.2. The molecule has 0 fully saturated rings. The molecule has 0 bridgehead atoms. The van der Waals surface area contributed by atoms with Gasteiger partial charge in [-0.05, 0) is 36.8 Å². The monoisotopic (exact) mass is 408 g/mol. The van der Waals surface area contributed by atoms with Crippen molar-refractivity contribution in [2.75, 3.05) is 37.4 Å². The van der Waals surface area contributed by atoms with Crippen LogP contribution in [0.25, 0.3) is 0 Å². The van der Waals surface area contributed by atoms with Crippen molar-refractivity contribution in [1.82, 2.24) is 20.3 Å². The highest BCUT2D eigenvalue weighted by Crippen LogP contribution is 2.18. The number of pyridine rings is 1. The van der Waals surface area contributed by atoms with Crippen molar-refractivity contribution in [2.24, 2.45) is 0 Å². The van der Waals surface area contributed by atoms with E-state index in [9.17, 15) is 4.79 Å². The average Bonchev–Trinajstić information content (AvgIpc) is 2.76. The van der Waals surface area contributed by atoms with Gasteiger partial charge in [-0.25, -0.2) is 15.0 Å². The van der Waals surface area contributed by atoms with Crippen molar-refractivity contribution in [3.05, 3.63) is 60.6 Å². The van der Waals surface area contributed by atoms with Gasteiger partial charge in [0.1, 0.15) is 35.3 Å². The van der Waals surface area contributed by atoms with Crippen LogP contribution in [0.2, 0.25) is 0 Å². The number of anilines is 3. The summed E-state index contributed by atoms with van der Waals surface area (Å²) in [6.45, 7) is 2.85. The fourth-order valence-corrected chi connectivity index (χ4v) is 2.54. The van der Waals surface area contributed by atoms with E-state index in [1.165, 1.54) is 6.33 Å². The van der Waals surface area contributed by atoms with Crippen LogP contribution in [0.15, 0.2) is 55.0 Å². The number of ether oxygens (including phenoxy) is 2. The van der Waals surface area contributed by atoms with Gasteiger partial charge < -0.3 is 25.4 Å². The van der Waals surface area contributed by atoms with Crippen molar-refractivity contribution in [3.63, 3.8) is 0 Å². The smallest absolute Gasteiger partial charge is 0.258 e. The van der Waals surface area contributed by atoms with E-state index in [4.69, 9.17) is 9.47 Å². The van der Waals surface area contributed by atoms with Gasteiger partial charge >= 0.3 is 0 Å². The lowest BCUT2D eigenvalue weighted by molar-refractivity contribution is -0.123. The summed E-state index contributed by atoms with van der Waals surface area (Å²) in [5.41, 5.74) is 1.10. The van der Waals surface area contributed by atoms with Gasteiger partial charge in [0.15, 0.2) is 6.61 Å². The summed E-state index contributed by atoms with van der Waals surface area (Å²) in [6.07, 6.45) is 3.19. The number of amides is 1. The molecule has 0 spiro atoms. The maximum Gasteiger partial charge on any atom is 0.258 e. The lowest BCUT2D eigenvalue weighted by Crippen LogP contribution is -2.32. The molecule has 0 saturated heterocycles. The van der Waals surface area contributed by atoms with E-state index in [0.29, 0.717) is 42.0 Å². The first kappa shape index (κ1) is 20.8. The summed E-state index contributed by atoms with van der Waals surface area (Å²) in [6, 6.07) is 12.7. The van der Waals surface area contributed by atoms with Crippen LogP contribution in [0.3, 0.4) is 0 Å². The highest BCUT2D eigenvalue weighted by Gasteiger charge is 2.04. The van der Waals surface area contributed by atoms with Crippen LogP contribution >= 0.6 is 0 Å². The van der Waals surface area contributed by atoms with Crippen molar-refractivity contribution >= 4 is 23.4 Å². The third-order valence-corrected chi connectivity index (χ3v) is 4.00. The molecular formula is C21H24N6O3. The standard InChI is InChI=1S/C21H24N6O3/c1-15-6-7-22-19(10-15)27-20-12-18(25-14-26-20)23-8-9-24-21(28)13-30-17-5-3-4-16(11-17)29-2/h3-7,10-12,14H,8-9,13H2,1-2H3,(H,24,28)(H2,22,23,25,26,27). The summed E-state index contributed by atoms with van der Waals surface area (Å²) in [5, 5.41) is 9.07. The van der Waals surface area contributed by atoms with Gasteiger partial charge in [0.2, 0.25) is 0 Å². The molecule has 1 aromatic carbocycles. The van der Waals surface area contributed by atoms with Crippen LogP contribution in [0.4, 0.5) is 17.5 Å². The number of hydrogen-bond donors (Lipinski definition) is 3. The first-order valence-corrected chi connectivity index (χ1v) is 9.41. The number of nitrogens with one attached hydrogen (secondary N) is 3. The van der Waals surface area contributed by atoms with E-state index >= 15 is 0 Å². The minimum atomic E-state index is -0.213. The Morgan fingerprint density at radius 3 is 2.60 bits per heavy atom. The Hall–Kier alpha value is -3.88. The van der Waals surface area contributed by atoms with Crippen molar-refractivity contribution < 1.29 is 14.3 Å². The molecule has 9 heteroatoms. The average molecular weight is 408 g/mol. The van der Waals surface area contributed by atoms with Gasteiger partial charge in [0.05, 0.1) is 7.11 Å². The highest BCUT2D eigenvalue weighted by molar-refractivity contribution is 5.77. The zero-order valence-electron chi connectivity index (χ0n) is 16.9. The van der Waals surface area contributed by atoms with Crippen molar-refractivity contribution in [3.8, 4) is 11.5 Å². The van der Waals surface area contributed by atoms with Crippen molar-refractivity contribution in [2.45, 2.75) is 6.92 Å². The molecule has 2 aromatic heterocycles. The second kappa shape index (κ2) is 10.6. The zero-order valence-corrected chi connectivity index (χ0v) is 16.9. The number of aryl methyl sites for hydroxylation is 1. The Morgan fingerprint density at radius 1 is 0.967 bits per heavy atom. The third-order valence-electron chi connectivity index (χ3n) is 4.00. The molecule has 2 heterocycles. The van der Waals surface area contributed by atoms with Crippen LogP contribution in [0, 0.1) is 6.92 Å². The number of carbonyl (C=O) groups excluding carboxylic acids is 1. The molecule has 3 N–H and O–H groups in total.